The van der Waals surface area contributed by atoms with Gasteiger partial charge in [0.05, 0.1) is 33.2 Å². The first-order chi connectivity index (χ1) is 21.7. The zero-order valence-electron chi connectivity index (χ0n) is 25.3. The summed E-state index contributed by atoms with van der Waals surface area (Å²) in [5.74, 6) is 1.39. The second kappa shape index (κ2) is 14.1. The van der Waals surface area contributed by atoms with E-state index in [2.05, 4.69) is 40.2 Å². The molecular formula is C35H32BrClN4O4. The maximum atomic E-state index is 13.8. The first-order valence-corrected chi connectivity index (χ1v) is 15.6. The van der Waals surface area contributed by atoms with Gasteiger partial charge in [0.25, 0.3) is 11.5 Å². The van der Waals surface area contributed by atoms with Crippen molar-refractivity contribution in [1.29, 1.82) is 0 Å². The largest absolute Gasteiger partial charge is 0.494 e. The predicted molar refractivity (Wildman–Crippen MR) is 184 cm³/mol. The molecule has 0 bridgehead atoms. The van der Waals surface area contributed by atoms with Crippen LogP contribution in [0, 0.1) is 6.92 Å². The Morgan fingerprint density at radius 1 is 1.07 bits per heavy atom. The van der Waals surface area contributed by atoms with Gasteiger partial charge in [-0.15, -0.1) is 0 Å². The summed E-state index contributed by atoms with van der Waals surface area (Å²) in [6.45, 7) is 8.43. The Morgan fingerprint density at radius 2 is 1.80 bits per heavy atom. The summed E-state index contributed by atoms with van der Waals surface area (Å²) in [5, 5.41) is 8.10. The maximum absolute atomic E-state index is 13.8. The molecule has 1 aromatic heterocycles. The van der Waals surface area contributed by atoms with Gasteiger partial charge in [0.2, 0.25) is 0 Å². The number of halogens is 2. The second-order valence-electron chi connectivity index (χ2n) is 10.6. The molecule has 0 radical (unpaired) electrons. The third-order valence-electron chi connectivity index (χ3n) is 7.02. The minimum Gasteiger partial charge on any atom is -0.494 e. The van der Waals surface area contributed by atoms with Gasteiger partial charge >= 0.3 is 0 Å². The Balaban J connectivity index is 1.50. The summed E-state index contributed by atoms with van der Waals surface area (Å²) in [4.78, 5) is 31.1. The van der Waals surface area contributed by atoms with E-state index >= 15 is 0 Å². The van der Waals surface area contributed by atoms with E-state index in [-0.39, 0.29) is 29.0 Å². The standard InChI is InChI=1S/C35H32BrClN4O4/c1-5-44-31-15-22(4)27(18-26(31)21(2)3)34-40-30-14-10-9-13-25(30)35(43)41(34)38-19-23-16-28(36)33(29(37)17-23)45-20-32(42)39-24-11-7-6-8-12-24/h6-19,21H,5,20H2,1-4H3,(H,39,42). The first kappa shape index (κ1) is 31.9. The molecule has 1 heterocycles. The molecule has 230 valence electrons. The third kappa shape index (κ3) is 7.27. The number of aryl methyl sites for hydroxylation is 1. The van der Waals surface area contributed by atoms with Crippen LogP contribution >= 0.6 is 27.5 Å². The molecule has 45 heavy (non-hydrogen) atoms. The Kier molecular flexibility index (Phi) is 10.0. The number of amides is 1. The van der Waals surface area contributed by atoms with Crippen LogP contribution in [0.15, 0.2) is 93.2 Å². The van der Waals surface area contributed by atoms with Gasteiger partial charge in [-0.1, -0.05) is 55.8 Å². The number of nitrogens with one attached hydrogen (secondary N) is 1. The number of hydrogen-bond donors (Lipinski definition) is 1. The highest BCUT2D eigenvalue weighted by atomic mass is 79.9. The van der Waals surface area contributed by atoms with E-state index in [0.29, 0.717) is 44.8 Å². The van der Waals surface area contributed by atoms with Gasteiger partial charge in [-0.3, -0.25) is 9.59 Å². The van der Waals surface area contributed by atoms with E-state index < -0.39 is 0 Å². The fourth-order valence-electron chi connectivity index (χ4n) is 4.85. The van der Waals surface area contributed by atoms with Crippen LogP contribution < -0.4 is 20.3 Å². The first-order valence-electron chi connectivity index (χ1n) is 14.5. The van der Waals surface area contributed by atoms with Crippen LogP contribution in [0.3, 0.4) is 0 Å². The molecule has 0 unspecified atom stereocenters. The molecule has 5 aromatic rings. The van der Waals surface area contributed by atoms with E-state index in [1.54, 1.807) is 36.4 Å². The highest BCUT2D eigenvalue weighted by Gasteiger charge is 2.19. The molecule has 4 aromatic carbocycles. The number of carbonyl (C=O) groups is 1. The van der Waals surface area contributed by atoms with Gasteiger partial charge in [-0.05, 0) is 101 Å². The SMILES string of the molecule is CCOc1cc(C)c(-c2nc3ccccc3c(=O)n2N=Cc2cc(Cl)c(OCC(=O)Nc3ccccc3)c(Br)c2)cc1C(C)C. The van der Waals surface area contributed by atoms with Crippen LogP contribution in [0.5, 0.6) is 11.5 Å². The molecule has 0 aliphatic heterocycles. The monoisotopic (exact) mass is 686 g/mol. The molecule has 0 saturated heterocycles. The Labute approximate surface area is 274 Å². The van der Waals surface area contributed by atoms with Gasteiger partial charge in [0.15, 0.2) is 18.2 Å². The van der Waals surface area contributed by atoms with Crippen molar-refractivity contribution in [2.75, 3.05) is 18.5 Å². The quantitative estimate of drug-likeness (QED) is 0.149. The number of fused-ring (bicyclic) bond motifs is 1. The molecule has 0 saturated carbocycles. The average Bonchev–Trinajstić information content (AvgIpc) is 3.01. The fraction of sp³-hybridized carbons (Fsp3) is 0.200. The van der Waals surface area contributed by atoms with Crippen LogP contribution in [0.1, 0.15) is 43.4 Å². The van der Waals surface area contributed by atoms with Crippen molar-refractivity contribution in [3.63, 3.8) is 0 Å². The Morgan fingerprint density at radius 3 is 2.51 bits per heavy atom. The zero-order valence-corrected chi connectivity index (χ0v) is 27.6. The van der Waals surface area contributed by atoms with E-state index in [1.165, 1.54) is 10.9 Å². The van der Waals surface area contributed by atoms with Gasteiger partial charge in [-0.25, -0.2) is 4.98 Å². The predicted octanol–water partition coefficient (Wildman–Crippen LogP) is 8.21. The van der Waals surface area contributed by atoms with E-state index in [4.69, 9.17) is 26.1 Å². The number of ether oxygens (including phenoxy) is 2. The van der Waals surface area contributed by atoms with Crippen LogP contribution in [0.2, 0.25) is 5.02 Å². The molecule has 0 spiro atoms. The van der Waals surface area contributed by atoms with E-state index in [0.717, 1.165) is 22.4 Å². The maximum Gasteiger partial charge on any atom is 0.282 e. The van der Waals surface area contributed by atoms with Crippen molar-refractivity contribution in [1.82, 2.24) is 9.66 Å². The molecule has 0 aliphatic carbocycles. The number of hydrogen-bond acceptors (Lipinski definition) is 6. The third-order valence-corrected chi connectivity index (χ3v) is 7.89. The van der Waals surface area contributed by atoms with Crippen molar-refractivity contribution >= 4 is 56.2 Å². The fourth-order valence-corrected chi connectivity index (χ4v) is 5.84. The molecule has 0 aliphatic rings. The second-order valence-corrected chi connectivity index (χ2v) is 11.9. The molecular weight excluding hydrogens is 656 g/mol. The number of nitrogens with zero attached hydrogens (tertiary/aromatic N) is 3. The smallest absolute Gasteiger partial charge is 0.282 e. The highest BCUT2D eigenvalue weighted by Crippen LogP contribution is 2.36. The van der Waals surface area contributed by atoms with E-state index in [1.807, 2.05) is 56.3 Å². The Hall–Kier alpha value is -4.47. The van der Waals surface area contributed by atoms with Gasteiger partial charge in [0.1, 0.15) is 5.75 Å². The minimum absolute atomic E-state index is 0.180. The molecule has 10 heteroatoms. The number of carbonyl (C=O) groups excluding carboxylic acids is 1. The van der Waals surface area contributed by atoms with Crippen molar-refractivity contribution in [3.05, 3.63) is 115 Å². The normalized spacial score (nSPS) is 11.4. The van der Waals surface area contributed by atoms with Crippen molar-refractivity contribution in [2.45, 2.75) is 33.6 Å². The molecule has 5 rings (SSSR count). The summed E-state index contributed by atoms with van der Waals surface area (Å²) in [6.07, 6.45) is 1.54. The summed E-state index contributed by atoms with van der Waals surface area (Å²) in [7, 11) is 0. The number of anilines is 1. The van der Waals surface area contributed by atoms with Crippen molar-refractivity contribution in [3.8, 4) is 22.9 Å². The van der Waals surface area contributed by atoms with Crippen molar-refractivity contribution < 1.29 is 14.3 Å². The molecule has 1 N–H and O–H groups in total. The average molecular weight is 688 g/mol. The Bertz CT molecular complexity index is 1930. The molecule has 8 nitrogen and oxygen atoms in total. The van der Waals surface area contributed by atoms with Gasteiger partial charge < -0.3 is 14.8 Å². The highest BCUT2D eigenvalue weighted by molar-refractivity contribution is 9.10. The van der Waals surface area contributed by atoms with Gasteiger partial charge in [0, 0.05) is 11.3 Å². The van der Waals surface area contributed by atoms with Crippen LogP contribution in [0.4, 0.5) is 5.69 Å². The summed E-state index contributed by atoms with van der Waals surface area (Å²) >= 11 is 10.1. The topological polar surface area (TPSA) is 94.8 Å². The number of aromatic nitrogens is 2. The molecule has 1 amide bonds. The van der Waals surface area contributed by atoms with Crippen LogP contribution in [-0.2, 0) is 4.79 Å². The number of para-hydroxylation sites is 2. The number of rotatable bonds is 10. The van der Waals surface area contributed by atoms with Crippen LogP contribution in [0.25, 0.3) is 22.3 Å². The molecule has 0 atom stereocenters. The lowest BCUT2D eigenvalue weighted by atomic mass is 9.96. The number of benzene rings is 4. The lowest BCUT2D eigenvalue weighted by Gasteiger charge is -2.18. The van der Waals surface area contributed by atoms with Gasteiger partial charge in [-0.2, -0.15) is 9.78 Å². The molecule has 0 fully saturated rings. The summed E-state index contributed by atoms with van der Waals surface area (Å²) in [6, 6.07) is 23.7. The zero-order chi connectivity index (χ0) is 32.1. The minimum atomic E-state index is -0.323. The van der Waals surface area contributed by atoms with E-state index in [9.17, 15) is 9.59 Å². The lowest BCUT2D eigenvalue weighted by molar-refractivity contribution is -0.118. The van der Waals surface area contributed by atoms with Crippen LogP contribution in [-0.4, -0.2) is 35.0 Å². The van der Waals surface area contributed by atoms with Crippen molar-refractivity contribution in [2.24, 2.45) is 5.10 Å². The summed E-state index contributed by atoms with van der Waals surface area (Å²) < 4.78 is 13.5. The summed E-state index contributed by atoms with van der Waals surface area (Å²) in [5.41, 5.74) is 4.23. The lowest BCUT2D eigenvalue weighted by Crippen LogP contribution is -2.21.